The molecule has 0 atom stereocenters. The van der Waals surface area contributed by atoms with Crippen molar-refractivity contribution < 1.29 is 4.79 Å². The zero-order valence-electron chi connectivity index (χ0n) is 13.4. The number of aromatic nitrogens is 1. The van der Waals surface area contributed by atoms with Crippen LogP contribution in [0.2, 0.25) is 0 Å². The van der Waals surface area contributed by atoms with Gasteiger partial charge in [0.1, 0.15) is 0 Å². The van der Waals surface area contributed by atoms with E-state index in [1.54, 1.807) is 6.20 Å². The van der Waals surface area contributed by atoms with Crippen LogP contribution >= 0.6 is 0 Å². The van der Waals surface area contributed by atoms with Gasteiger partial charge in [0.15, 0.2) is 0 Å². The summed E-state index contributed by atoms with van der Waals surface area (Å²) < 4.78 is 0. The maximum Gasteiger partial charge on any atom is 0.321 e. The molecule has 1 fully saturated rings. The summed E-state index contributed by atoms with van der Waals surface area (Å²) in [4.78, 5) is 20.8. The van der Waals surface area contributed by atoms with Crippen LogP contribution in [0.5, 0.6) is 0 Å². The molecule has 2 aromatic rings. The molecule has 23 heavy (non-hydrogen) atoms. The molecule has 0 spiro atoms. The van der Waals surface area contributed by atoms with Gasteiger partial charge in [-0.25, -0.2) is 4.79 Å². The van der Waals surface area contributed by atoms with Crippen LogP contribution in [0.3, 0.4) is 0 Å². The van der Waals surface area contributed by atoms with E-state index in [0.29, 0.717) is 0 Å². The second-order valence-electron chi connectivity index (χ2n) is 5.87. The first-order valence-corrected chi connectivity index (χ1v) is 7.95. The lowest BCUT2D eigenvalue weighted by atomic mass is 10.2. The molecule has 0 bridgehead atoms. The Morgan fingerprint density at radius 3 is 2.61 bits per heavy atom. The summed E-state index contributed by atoms with van der Waals surface area (Å²) in [6.45, 7) is 6.16. The molecule has 1 saturated heterocycles. The third-order valence-corrected chi connectivity index (χ3v) is 4.18. The lowest BCUT2D eigenvalue weighted by Gasteiger charge is -2.34. The van der Waals surface area contributed by atoms with E-state index in [-0.39, 0.29) is 6.03 Å². The second kappa shape index (κ2) is 7.24. The van der Waals surface area contributed by atoms with Crippen LogP contribution in [0.15, 0.2) is 48.8 Å². The maximum absolute atomic E-state index is 12.4. The lowest BCUT2D eigenvalue weighted by Crippen LogP contribution is -2.49. The minimum absolute atomic E-state index is 0.0136. The average molecular weight is 310 g/mol. The van der Waals surface area contributed by atoms with Gasteiger partial charge in [-0.1, -0.05) is 24.3 Å². The monoisotopic (exact) mass is 310 g/mol. The largest absolute Gasteiger partial charge is 0.322 e. The molecule has 5 nitrogen and oxygen atoms in total. The summed E-state index contributed by atoms with van der Waals surface area (Å²) in [6, 6.07) is 11.9. The Morgan fingerprint density at radius 1 is 1.13 bits per heavy atom. The lowest BCUT2D eigenvalue weighted by molar-refractivity contribution is 0.143. The number of para-hydroxylation sites is 1. The molecule has 0 radical (unpaired) electrons. The van der Waals surface area contributed by atoms with E-state index in [1.165, 1.54) is 5.56 Å². The number of nitrogens with zero attached hydrogens (tertiary/aromatic N) is 3. The van der Waals surface area contributed by atoms with Crippen molar-refractivity contribution in [3.63, 3.8) is 0 Å². The Morgan fingerprint density at radius 2 is 1.91 bits per heavy atom. The number of hydrogen-bond donors (Lipinski definition) is 1. The van der Waals surface area contributed by atoms with Gasteiger partial charge in [-0.2, -0.15) is 0 Å². The molecular weight excluding hydrogens is 288 g/mol. The number of aryl methyl sites for hydroxylation is 1. The highest BCUT2D eigenvalue weighted by Gasteiger charge is 2.21. The topological polar surface area (TPSA) is 48.5 Å². The van der Waals surface area contributed by atoms with Gasteiger partial charge in [0.05, 0.1) is 0 Å². The quantitative estimate of drug-likeness (QED) is 0.948. The molecule has 0 aliphatic carbocycles. The van der Waals surface area contributed by atoms with E-state index in [1.807, 2.05) is 48.4 Å². The standard InChI is InChI=1S/C18H22N4O/c1-15-5-2-3-7-17(15)20-18(23)22-11-9-21(10-12-22)14-16-6-4-8-19-13-16/h2-8,13H,9-12,14H2,1H3,(H,20,23). The van der Waals surface area contributed by atoms with Crippen molar-refractivity contribution in [2.45, 2.75) is 13.5 Å². The van der Waals surface area contributed by atoms with E-state index in [0.717, 1.165) is 44.0 Å². The van der Waals surface area contributed by atoms with Crippen molar-refractivity contribution in [2.24, 2.45) is 0 Å². The number of amides is 2. The molecule has 2 amide bonds. The number of carbonyl (C=O) groups excluding carboxylic acids is 1. The first kappa shape index (κ1) is 15.5. The summed E-state index contributed by atoms with van der Waals surface area (Å²) >= 11 is 0. The average Bonchev–Trinajstić information content (AvgIpc) is 2.58. The number of piperazine rings is 1. The number of hydrogen-bond acceptors (Lipinski definition) is 3. The summed E-state index contributed by atoms with van der Waals surface area (Å²) in [5, 5.41) is 3.00. The third kappa shape index (κ3) is 4.07. The molecule has 3 rings (SSSR count). The predicted molar refractivity (Wildman–Crippen MR) is 91.3 cm³/mol. The predicted octanol–water partition coefficient (Wildman–Crippen LogP) is 2.74. The first-order valence-electron chi connectivity index (χ1n) is 7.95. The van der Waals surface area contributed by atoms with E-state index in [2.05, 4.69) is 21.3 Å². The number of benzene rings is 1. The Balaban J connectivity index is 1.50. The molecule has 5 heteroatoms. The van der Waals surface area contributed by atoms with Gasteiger partial charge < -0.3 is 10.2 Å². The van der Waals surface area contributed by atoms with Gasteiger partial charge >= 0.3 is 6.03 Å². The van der Waals surface area contributed by atoms with Crippen LogP contribution < -0.4 is 5.32 Å². The minimum Gasteiger partial charge on any atom is -0.322 e. The van der Waals surface area contributed by atoms with Gasteiger partial charge in [-0.15, -0.1) is 0 Å². The van der Waals surface area contributed by atoms with Crippen LogP contribution in [0.1, 0.15) is 11.1 Å². The van der Waals surface area contributed by atoms with Gasteiger partial charge in [0.2, 0.25) is 0 Å². The Labute approximate surface area is 136 Å². The van der Waals surface area contributed by atoms with Crippen molar-refractivity contribution in [1.82, 2.24) is 14.8 Å². The Bertz CT molecular complexity index is 651. The van der Waals surface area contributed by atoms with Crippen molar-refractivity contribution in [1.29, 1.82) is 0 Å². The number of anilines is 1. The van der Waals surface area contributed by atoms with Crippen molar-refractivity contribution >= 4 is 11.7 Å². The zero-order valence-corrected chi connectivity index (χ0v) is 13.4. The fraction of sp³-hybridized carbons (Fsp3) is 0.333. The second-order valence-corrected chi connectivity index (χ2v) is 5.87. The summed E-state index contributed by atoms with van der Waals surface area (Å²) in [5.41, 5.74) is 3.18. The molecule has 0 saturated carbocycles. The van der Waals surface area contributed by atoms with Crippen LogP contribution in [0, 0.1) is 6.92 Å². The molecule has 0 unspecified atom stereocenters. The zero-order chi connectivity index (χ0) is 16.1. The highest BCUT2D eigenvalue weighted by atomic mass is 16.2. The van der Waals surface area contributed by atoms with Crippen LogP contribution in [0.4, 0.5) is 10.5 Å². The third-order valence-electron chi connectivity index (χ3n) is 4.18. The summed E-state index contributed by atoms with van der Waals surface area (Å²) in [5.74, 6) is 0. The van der Waals surface area contributed by atoms with Gasteiger partial charge in [-0.3, -0.25) is 9.88 Å². The van der Waals surface area contributed by atoms with Gasteiger partial charge in [0.25, 0.3) is 0 Å². The molecular formula is C18H22N4O. The van der Waals surface area contributed by atoms with Crippen LogP contribution in [-0.4, -0.2) is 47.0 Å². The van der Waals surface area contributed by atoms with Crippen LogP contribution in [0.25, 0.3) is 0 Å². The number of nitrogens with one attached hydrogen (secondary N) is 1. The van der Waals surface area contributed by atoms with Crippen LogP contribution in [-0.2, 0) is 6.54 Å². The summed E-state index contributed by atoms with van der Waals surface area (Å²) in [7, 11) is 0. The normalized spacial score (nSPS) is 15.4. The van der Waals surface area contributed by atoms with Crippen molar-refractivity contribution in [3.8, 4) is 0 Å². The Hall–Kier alpha value is -2.40. The fourth-order valence-corrected chi connectivity index (χ4v) is 2.77. The maximum atomic E-state index is 12.4. The number of rotatable bonds is 3. The van der Waals surface area contributed by atoms with Gasteiger partial charge in [0, 0.05) is 50.8 Å². The fourth-order valence-electron chi connectivity index (χ4n) is 2.77. The summed E-state index contributed by atoms with van der Waals surface area (Å²) in [6.07, 6.45) is 3.69. The van der Waals surface area contributed by atoms with E-state index in [9.17, 15) is 4.79 Å². The highest BCUT2D eigenvalue weighted by molar-refractivity contribution is 5.90. The van der Waals surface area contributed by atoms with E-state index in [4.69, 9.17) is 0 Å². The number of pyridine rings is 1. The SMILES string of the molecule is Cc1ccccc1NC(=O)N1CCN(Cc2cccnc2)CC1. The Kier molecular flexibility index (Phi) is 4.88. The molecule has 1 aliphatic heterocycles. The van der Waals surface area contributed by atoms with Gasteiger partial charge in [-0.05, 0) is 30.2 Å². The number of urea groups is 1. The molecule has 1 aromatic carbocycles. The van der Waals surface area contributed by atoms with Crippen molar-refractivity contribution in [3.05, 3.63) is 59.9 Å². The molecule has 120 valence electrons. The van der Waals surface area contributed by atoms with E-state index >= 15 is 0 Å². The smallest absolute Gasteiger partial charge is 0.321 e. The van der Waals surface area contributed by atoms with E-state index < -0.39 is 0 Å². The number of carbonyl (C=O) groups is 1. The highest BCUT2D eigenvalue weighted by Crippen LogP contribution is 2.15. The van der Waals surface area contributed by atoms with Crippen molar-refractivity contribution in [2.75, 3.05) is 31.5 Å². The molecule has 1 aliphatic rings. The molecule has 2 heterocycles. The molecule has 1 N–H and O–H groups in total. The molecule has 1 aromatic heterocycles. The first-order chi connectivity index (χ1) is 11.2. The minimum atomic E-state index is -0.0136.